The molecular weight excluding hydrogens is 312 g/mol. The smallest absolute Gasteiger partial charge is 0.234 e. The van der Waals surface area contributed by atoms with Gasteiger partial charge in [0.05, 0.1) is 6.54 Å². The van der Waals surface area contributed by atoms with Gasteiger partial charge in [-0.1, -0.05) is 36.4 Å². The lowest BCUT2D eigenvalue weighted by molar-refractivity contribution is -0.121. The van der Waals surface area contributed by atoms with Crippen molar-refractivity contribution in [1.82, 2.24) is 10.2 Å². The van der Waals surface area contributed by atoms with Crippen molar-refractivity contribution in [2.75, 3.05) is 33.3 Å². The van der Waals surface area contributed by atoms with Gasteiger partial charge in [0.15, 0.2) is 0 Å². The predicted octanol–water partition coefficient (Wildman–Crippen LogP) is 2.97. The Kier molecular flexibility index (Phi) is 7.48. The lowest BCUT2D eigenvalue weighted by Gasteiger charge is -2.17. The fraction of sp³-hybridized carbons (Fsp3) is 0.381. The van der Waals surface area contributed by atoms with Gasteiger partial charge in [0, 0.05) is 13.1 Å². The van der Waals surface area contributed by atoms with Gasteiger partial charge in [0.25, 0.3) is 0 Å². The maximum absolute atomic E-state index is 12.0. The molecule has 0 atom stereocenters. The molecular formula is C21H28N2O2. The first kappa shape index (κ1) is 19.0. The highest BCUT2D eigenvalue weighted by Gasteiger charge is 2.07. The van der Waals surface area contributed by atoms with Gasteiger partial charge in [0.1, 0.15) is 12.4 Å². The third-order valence-electron chi connectivity index (χ3n) is 4.12. The van der Waals surface area contributed by atoms with Crippen LogP contribution in [-0.2, 0) is 11.2 Å². The van der Waals surface area contributed by atoms with E-state index in [2.05, 4.69) is 24.4 Å². The second-order valence-corrected chi connectivity index (χ2v) is 6.43. The Morgan fingerprint density at radius 2 is 1.92 bits per heavy atom. The molecule has 0 aliphatic carbocycles. The average molecular weight is 340 g/mol. The van der Waals surface area contributed by atoms with Crippen LogP contribution in [0.2, 0.25) is 0 Å². The highest BCUT2D eigenvalue weighted by molar-refractivity contribution is 5.77. The molecule has 2 aromatic rings. The maximum Gasteiger partial charge on any atom is 0.234 e. The molecule has 0 radical (unpaired) electrons. The summed E-state index contributed by atoms with van der Waals surface area (Å²) in [5.74, 6) is 0.919. The first-order valence-corrected chi connectivity index (χ1v) is 8.74. The van der Waals surface area contributed by atoms with Crippen LogP contribution in [0.4, 0.5) is 0 Å². The van der Waals surface area contributed by atoms with Crippen molar-refractivity contribution in [2.24, 2.45) is 0 Å². The van der Waals surface area contributed by atoms with Crippen molar-refractivity contribution in [2.45, 2.75) is 20.3 Å². The Hall–Kier alpha value is -2.33. The number of ether oxygens (including phenoxy) is 1. The van der Waals surface area contributed by atoms with Gasteiger partial charge in [-0.05, 0) is 56.1 Å². The fourth-order valence-corrected chi connectivity index (χ4v) is 2.63. The van der Waals surface area contributed by atoms with E-state index in [9.17, 15) is 4.79 Å². The Morgan fingerprint density at radius 3 is 2.68 bits per heavy atom. The highest BCUT2D eigenvalue weighted by Crippen LogP contribution is 2.12. The number of carbonyl (C=O) groups excluding carboxylic acids is 1. The van der Waals surface area contributed by atoms with Gasteiger partial charge in [-0.15, -0.1) is 0 Å². The van der Waals surface area contributed by atoms with Crippen LogP contribution in [0.25, 0.3) is 0 Å². The predicted molar refractivity (Wildman–Crippen MR) is 102 cm³/mol. The zero-order chi connectivity index (χ0) is 18.1. The van der Waals surface area contributed by atoms with Gasteiger partial charge in [-0.2, -0.15) is 0 Å². The number of nitrogens with zero attached hydrogens (tertiary/aromatic N) is 1. The molecule has 0 aliphatic rings. The van der Waals surface area contributed by atoms with Crippen molar-refractivity contribution >= 4 is 5.91 Å². The van der Waals surface area contributed by atoms with Gasteiger partial charge >= 0.3 is 0 Å². The first-order chi connectivity index (χ1) is 12.0. The summed E-state index contributed by atoms with van der Waals surface area (Å²) in [6.45, 7) is 6.46. The van der Waals surface area contributed by atoms with Gasteiger partial charge in [0.2, 0.25) is 5.91 Å². The minimum Gasteiger partial charge on any atom is -0.492 e. The summed E-state index contributed by atoms with van der Waals surface area (Å²) in [5.41, 5.74) is 3.73. The normalized spacial score (nSPS) is 10.7. The van der Waals surface area contributed by atoms with E-state index in [1.807, 2.05) is 55.3 Å². The molecule has 4 nitrogen and oxygen atoms in total. The quantitative estimate of drug-likeness (QED) is 0.763. The van der Waals surface area contributed by atoms with Crippen LogP contribution in [-0.4, -0.2) is 44.1 Å². The van der Waals surface area contributed by atoms with Crippen molar-refractivity contribution in [3.05, 3.63) is 65.2 Å². The first-order valence-electron chi connectivity index (χ1n) is 8.74. The summed E-state index contributed by atoms with van der Waals surface area (Å²) in [4.78, 5) is 14.0. The van der Waals surface area contributed by atoms with Crippen LogP contribution in [0, 0.1) is 13.8 Å². The molecule has 0 aromatic heterocycles. The summed E-state index contributed by atoms with van der Waals surface area (Å²) in [5, 5.41) is 2.98. The zero-order valence-corrected chi connectivity index (χ0v) is 15.4. The minimum atomic E-state index is 0.0478. The SMILES string of the molecule is Cc1cccc(OCCN(C)CC(=O)NCCc2ccccc2C)c1. The molecule has 1 amide bonds. The molecule has 2 aromatic carbocycles. The number of benzene rings is 2. The van der Waals surface area contributed by atoms with E-state index < -0.39 is 0 Å². The Balaban J connectivity index is 1.62. The molecule has 0 aliphatic heterocycles. The van der Waals surface area contributed by atoms with E-state index in [0.29, 0.717) is 26.2 Å². The number of aryl methyl sites for hydroxylation is 2. The number of nitrogens with one attached hydrogen (secondary N) is 1. The molecule has 1 N–H and O–H groups in total. The van der Waals surface area contributed by atoms with Crippen molar-refractivity contribution in [3.8, 4) is 5.75 Å². The standard InChI is InChI=1S/C21H28N2O2/c1-17-7-6-10-20(15-17)25-14-13-23(3)16-21(24)22-12-11-19-9-5-4-8-18(19)2/h4-10,15H,11-14,16H2,1-3H3,(H,22,24). The van der Waals surface area contributed by atoms with Gasteiger partial charge < -0.3 is 10.1 Å². The zero-order valence-electron chi connectivity index (χ0n) is 15.4. The molecule has 0 unspecified atom stereocenters. The second-order valence-electron chi connectivity index (χ2n) is 6.43. The van der Waals surface area contributed by atoms with Crippen LogP contribution >= 0.6 is 0 Å². The van der Waals surface area contributed by atoms with Crippen molar-refractivity contribution in [3.63, 3.8) is 0 Å². The Bertz CT molecular complexity index is 685. The lowest BCUT2D eigenvalue weighted by atomic mass is 10.1. The minimum absolute atomic E-state index is 0.0478. The van der Waals surface area contributed by atoms with Crippen molar-refractivity contribution in [1.29, 1.82) is 0 Å². The Morgan fingerprint density at radius 1 is 1.12 bits per heavy atom. The maximum atomic E-state index is 12.0. The molecule has 134 valence electrons. The summed E-state index contributed by atoms with van der Waals surface area (Å²) in [6.07, 6.45) is 0.860. The van der Waals surface area contributed by atoms with E-state index in [1.54, 1.807) is 0 Å². The molecule has 2 rings (SSSR count). The second kappa shape index (κ2) is 9.84. The summed E-state index contributed by atoms with van der Waals surface area (Å²) < 4.78 is 5.72. The number of likely N-dealkylation sites (N-methyl/N-ethyl adjacent to an activating group) is 1. The van der Waals surface area contributed by atoms with E-state index in [4.69, 9.17) is 4.74 Å². The van der Waals surface area contributed by atoms with E-state index in [-0.39, 0.29) is 5.91 Å². The molecule has 4 heteroatoms. The van der Waals surface area contributed by atoms with E-state index in [0.717, 1.165) is 12.2 Å². The number of amides is 1. The van der Waals surface area contributed by atoms with Crippen LogP contribution in [0.15, 0.2) is 48.5 Å². The van der Waals surface area contributed by atoms with Crippen molar-refractivity contribution < 1.29 is 9.53 Å². The third-order valence-corrected chi connectivity index (χ3v) is 4.12. The number of rotatable bonds is 9. The number of hydrogen-bond donors (Lipinski definition) is 1. The molecule has 0 saturated carbocycles. The summed E-state index contributed by atoms with van der Waals surface area (Å²) in [7, 11) is 1.93. The molecule has 0 saturated heterocycles. The highest BCUT2D eigenvalue weighted by atomic mass is 16.5. The Labute approximate surface area is 150 Å². The molecule has 0 fully saturated rings. The largest absolute Gasteiger partial charge is 0.492 e. The van der Waals surface area contributed by atoms with Crippen LogP contribution in [0.5, 0.6) is 5.75 Å². The summed E-state index contributed by atoms with van der Waals surface area (Å²) in [6, 6.07) is 16.3. The van der Waals surface area contributed by atoms with E-state index >= 15 is 0 Å². The monoisotopic (exact) mass is 340 g/mol. The molecule has 0 spiro atoms. The van der Waals surface area contributed by atoms with Crippen LogP contribution in [0.3, 0.4) is 0 Å². The lowest BCUT2D eigenvalue weighted by Crippen LogP contribution is -2.37. The van der Waals surface area contributed by atoms with Gasteiger partial charge in [-0.3, -0.25) is 9.69 Å². The fourth-order valence-electron chi connectivity index (χ4n) is 2.63. The van der Waals surface area contributed by atoms with Crippen LogP contribution in [0.1, 0.15) is 16.7 Å². The van der Waals surface area contributed by atoms with E-state index in [1.165, 1.54) is 16.7 Å². The average Bonchev–Trinajstić information content (AvgIpc) is 2.56. The number of carbonyl (C=O) groups is 1. The molecule has 0 bridgehead atoms. The molecule has 0 heterocycles. The molecule has 25 heavy (non-hydrogen) atoms. The van der Waals surface area contributed by atoms with Crippen LogP contribution < -0.4 is 10.1 Å². The topological polar surface area (TPSA) is 41.6 Å². The third kappa shape index (κ3) is 6.98. The number of hydrogen-bond acceptors (Lipinski definition) is 3. The van der Waals surface area contributed by atoms with Gasteiger partial charge in [-0.25, -0.2) is 0 Å². The summed E-state index contributed by atoms with van der Waals surface area (Å²) >= 11 is 0.